The van der Waals surface area contributed by atoms with Gasteiger partial charge in [-0.1, -0.05) is 77.9 Å². The second-order valence-corrected chi connectivity index (χ2v) is 9.99. The van der Waals surface area contributed by atoms with E-state index < -0.39 is 12.0 Å². The molecule has 154 valence electrons. The van der Waals surface area contributed by atoms with E-state index in [1.165, 1.54) is 16.7 Å². The first-order valence-electron chi connectivity index (χ1n) is 10.1. The molecule has 1 aromatic heterocycles. The molecule has 0 aliphatic heterocycles. The van der Waals surface area contributed by atoms with E-state index in [-0.39, 0.29) is 10.8 Å². The van der Waals surface area contributed by atoms with Gasteiger partial charge in [-0.2, -0.15) is 0 Å². The average molecular weight is 393 g/mol. The van der Waals surface area contributed by atoms with Crippen LogP contribution >= 0.6 is 0 Å². The molecule has 2 aromatic carbocycles. The van der Waals surface area contributed by atoms with E-state index in [2.05, 4.69) is 70.8 Å². The lowest BCUT2D eigenvalue weighted by Crippen LogP contribution is -2.32. The highest BCUT2D eigenvalue weighted by Crippen LogP contribution is 2.36. The van der Waals surface area contributed by atoms with E-state index in [1.807, 2.05) is 18.3 Å². The van der Waals surface area contributed by atoms with E-state index in [9.17, 15) is 4.79 Å². The standard InChI is InChI=1S/C25H32N2O2/c1-24(2,3)17-10-15(11-18(13-17)25(4,5)6)19-8-7-9-20-16(14-27-22(19)20)12-21(26)23(28)29/h7-11,13-14,21,27H,12,26H2,1-6H3,(H,28,29)/t21-/m0/s1. The molecule has 1 atom stereocenters. The van der Waals surface area contributed by atoms with E-state index in [0.717, 1.165) is 22.0 Å². The van der Waals surface area contributed by atoms with Crippen molar-refractivity contribution in [3.8, 4) is 11.1 Å². The number of carboxylic acid groups (broad SMARTS) is 1. The number of fused-ring (bicyclic) bond motifs is 1. The van der Waals surface area contributed by atoms with Crippen LogP contribution in [0.5, 0.6) is 0 Å². The quantitative estimate of drug-likeness (QED) is 0.557. The zero-order valence-electron chi connectivity index (χ0n) is 18.3. The maximum atomic E-state index is 11.2. The summed E-state index contributed by atoms with van der Waals surface area (Å²) in [7, 11) is 0. The van der Waals surface area contributed by atoms with Crippen LogP contribution in [0.25, 0.3) is 22.0 Å². The first-order valence-corrected chi connectivity index (χ1v) is 10.1. The van der Waals surface area contributed by atoms with Gasteiger partial charge >= 0.3 is 5.97 Å². The predicted octanol–water partition coefficient (Wildman–Crippen LogP) is 5.38. The molecule has 4 N–H and O–H groups in total. The van der Waals surface area contributed by atoms with Crippen molar-refractivity contribution in [1.82, 2.24) is 4.98 Å². The highest BCUT2D eigenvalue weighted by Gasteiger charge is 2.22. The van der Waals surface area contributed by atoms with Gasteiger partial charge < -0.3 is 15.8 Å². The average Bonchev–Trinajstić information content (AvgIpc) is 3.02. The first-order chi connectivity index (χ1) is 13.4. The maximum Gasteiger partial charge on any atom is 0.320 e. The number of H-pyrrole nitrogens is 1. The summed E-state index contributed by atoms with van der Waals surface area (Å²) in [5.74, 6) is -0.983. The summed E-state index contributed by atoms with van der Waals surface area (Å²) in [5, 5.41) is 10.2. The fourth-order valence-corrected chi connectivity index (χ4v) is 3.60. The number of carbonyl (C=O) groups is 1. The molecular formula is C25H32N2O2. The third kappa shape index (κ3) is 4.38. The molecule has 0 unspecified atom stereocenters. The molecule has 0 radical (unpaired) electrons. The number of benzene rings is 2. The monoisotopic (exact) mass is 392 g/mol. The van der Waals surface area contributed by atoms with Crippen LogP contribution in [0.1, 0.15) is 58.2 Å². The SMILES string of the molecule is CC(C)(C)c1cc(-c2cccc3c(C[C@H](N)C(=O)O)c[nH]c23)cc(C(C)(C)C)c1. The molecule has 3 aromatic rings. The summed E-state index contributed by atoms with van der Waals surface area (Å²) in [6.07, 6.45) is 2.18. The highest BCUT2D eigenvalue weighted by molar-refractivity contribution is 5.96. The zero-order valence-corrected chi connectivity index (χ0v) is 18.3. The summed E-state index contributed by atoms with van der Waals surface area (Å²) >= 11 is 0. The molecule has 0 saturated carbocycles. The fourth-order valence-electron chi connectivity index (χ4n) is 3.60. The molecule has 1 heterocycles. The molecule has 0 saturated heterocycles. The van der Waals surface area contributed by atoms with Crippen molar-refractivity contribution in [1.29, 1.82) is 0 Å². The molecule has 4 heteroatoms. The number of carboxylic acids is 1. The van der Waals surface area contributed by atoms with E-state index >= 15 is 0 Å². The zero-order chi connectivity index (χ0) is 21.6. The van der Waals surface area contributed by atoms with Gasteiger partial charge in [0.1, 0.15) is 6.04 Å². The molecule has 4 nitrogen and oxygen atoms in total. The van der Waals surface area contributed by atoms with Crippen LogP contribution in [0.3, 0.4) is 0 Å². The molecule has 0 spiro atoms. The lowest BCUT2D eigenvalue weighted by atomic mass is 9.79. The van der Waals surface area contributed by atoms with Crippen LogP contribution < -0.4 is 5.73 Å². The van der Waals surface area contributed by atoms with Gasteiger partial charge in [0.15, 0.2) is 0 Å². The Morgan fingerprint density at radius 3 is 2.14 bits per heavy atom. The van der Waals surface area contributed by atoms with Gasteiger partial charge in [-0.3, -0.25) is 4.79 Å². The minimum Gasteiger partial charge on any atom is -0.480 e. The Morgan fingerprint density at radius 1 is 1.03 bits per heavy atom. The van der Waals surface area contributed by atoms with E-state index in [1.54, 1.807) is 0 Å². The van der Waals surface area contributed by atoms with Crippen molar-refractivity contribution in [3.63, 3.8) is 0 Å². The van der Waals surface area contributed by atoms with Crippen LogP contribution in [-0.4, -0.2) is 22.1 Å². The van der Waals surface area contributed by atoms with Gasteiger partial charge in [-0.25, -0.2) is 0 Å². The molecule has 3 rings (SSSR count). The molecule has 0 fully saturated rings. The lowest BCUT2D eigenvalue weighted by molar-refractivity contribution is -0.138. The molecule has 0 aliphatic carbocycles. The third-order valence-electron chi connectivity index (χ3n) is 5.53. The van der Waals surface area contributed by atoms with Gasteiger partial charge in [0.2, 0.25) is 0 Å². The minimum atomic E-state index is -0.983. The summed E-state index contributed by atoms with van der Waals surface area (Å²) in [4.78, 5) is 14.5. The van der Waals surface area contributed by atoms with Crippen molar-refractivity contribution in [2.45, 2.75) is 64.8 Å². The summed E-state index contributed by atoms with van der Waals surface area (Å²) in [6, 6.07) is 12.1. The Bertz CT molecular complexity index is 1020. The fraction of sp³-hybridized carbons (Fsp3) is 0.400. The van der Waals surface area contributed by atoms with Crippen molar-refractivity contribution in [3.05, 3.63) is 59.3 Å². The molecule has 29 heavy (non-hydrogen) atoms. The Morgan fingerprint density at radius 2 is 1.62 bits per heavy atom. The third-order valence-corrected chi connectivity index (χ3v) is 5.53. The van der Waals surface area contributed by atoms with Gasteiger partial charge in [0.25, 0.3) is 0 Å². The van der Waals surface area contributed by atoms with Crippen LogP contribution in [0.4, 0.5) is 0 Å². The van der Waals surface area contributed by atoms with Crippen molar-refractivity contribution < 1.29 is 9.90 Å². The molecule has 0 aliphatic rings. The Kier molecular flexibility index (Phi) is 5.35. The van der Waals surface area contributed by atoms with Gasteiger partial charge in [-0.05, 0) is 33.1 Å². The van der Waals surface area contributed by atoms with Gasteiger partial charge in [0.05, 0.1) is 5.52 Å². The van der Waals surface area contributed by atoms with Gasteiger partial charge in [-0.15, -0.1) is 0 Å². The predicted molar refractivity (Wildman–Crippen MR) is 120 cm³/mol. The topological polar surface area (TPSA) is 79.1 Å². The number of hydrogen-bond donors (Lipinski definition) is 3. The molecular weight excluding hydrogens is 360 g/mol. The number of hydrogen-bond acceptors (Lipinski definition) is 2. The Labute approximate surface area is 173 Å². The highest BCUT2D eigenvalue weighted by atomic mass is 16.4. The van der Waals surface area contributed by atoms with Crippen LogP contribution in [0.15, 0.2) is 42.6 Å². The van der Waals surface area contributed by atoms with Crippen molar-refractivity contribution >= 4 is 16.9 Å². The van der Waals surface area contributed by atoms with Crippen LogP contribution in [0, 0.1) is 0 Å². The Balaban J connectivity index is 2.18. The van der Waals surface area contributed by atoms with Gasteiger partial charge in [0, 0.05) is 23.6 Å². The largest absolute Gasteiger partial charge is 0.480 e. The summed E-state index contributed by atoms with van der Waals surface area (Å²) in [5.41, 5.74) is 12.7. The maximum absolute atomic E-state index is 11.2. The lowest BCUT2D eigenvalue weighted by Gasteiger charge is -2.26. The number of aromatic nitrogens is 1. The number of aromatic amines is 1. The number of nitrogens with two attached hydrogens (primary N) is 1. The molecule has 0 bridgehead atoms. The number of rotatable bonds is 4. The number of nitrogens with one attached hydrogen (secondary N) is 1. The second kappa shape index (κ2) is 7.34. The number of aliphatic carboxylic acids is 1. The smallest absolute Gasteiger partial charge is 0.320 e. The summed E-state index contributed by atoms with van der Waals surface area (Å²) < 4.78 is 0. The minimum absolute atomic E-state index is 0.0407. The number of para-hydroxylation sites is 1. The van der Waals surface area contributed by atoms with Crippen molar-refractivity contribution in [2.24, 2.45) is 5.73 Å². The normalized spacial score (nSPS) is 13.6. The van der Waals surface area contributed by atoms with Crippen LogP contribution in [-0.2, 0) is 22.0 Å². The Hall–Kier alpha value is -2.59. The van der Waals surface area contributed by atoms with Crippen LogP contribution in [0.2, 0.25) is 0 Å². The van der Waals surface area contributed by atoms with E-state index in [4.69, 9.17) is 10.8 Å². The second-order valence-electron chi connectivity index (χ2n) is 9.99. The first kappa shape index (κ1) is 21.1. The van der Waals surface area contributed by atoms with E-state index in [0.29, 0.717) is 6.42 Å². The summed E-state index contributed by atoms with van der Waals surface area (Å²) in [6.45, 7) is 13.4. The molecule has 0 amide bonds. The van der Waals surface area contributed by atoms with Crippen molar-refractivity contribution in [2.75, 3.05) is 0 Å².